The molecule has 2 radical (unpaired) electrons. The van der Waals surface area contributed by atoms with Crippen molar-refractivity contribution in [3.63, 3.8) is 0 Å². The molecule has 0 aromatic heterocycles. The van der Waals surface area contributed by atoms with Gasteiger partial charge in [-0.1, -0.05) is 13.3 Å². The molecule has 2 heteroatoms. The van der Waals surface area contributed by atoms with Crippen molar-refractivity contribution in [3.05, 3.63) is 13.8 Å². The van der Waals surface area contributed by atoms with E-state index in [1.165, 1.54) is 30.8 Å². The molecule has 0 bridgehead atoms. The Morgan fingerprint density at radius 2 is 1.83 bits per heavy atom. The van der Waals surface area contributed by atoms with Gasteiger partial charge in [0, 0.05) is 13.2 Å². The fraction of sp³-hybridized carbons (Fsp3) is 0.800. The molecule has 0 spiro atoms. The molecule has 72 valence electrons. The molecule has 0 saturated heterocycles. The molecule has 0 N–H and O–H groups in total. The molecule has 0 aliphatic rings. The first-order chi connectivity index (χ1) is 5.91. The van der Waals surface area contributed by atoms with Crippen LogP contribution in [0.4, 0.5) is 0 Å². The molecule has 0 aliphatic heterocycles. The zero-order chi connectivity index (χ0) is 9.07. The Morgan fingerprint density at radius 3 is 2.50 bits per heavy atom. The third-order valence-corrected chi connectivity index (χ3v) is 2.67. The topological polar surface area (TPSA) is 9.23 Å². The normalized spacial score (nSPS) is 10.5. The second-order valence-electron chi connectivity index (χ2n) is 2.64. The molecule has 0 saturated carbocycles. The summed E-state index contributed by atoms with van der Waals surface area (Å²) in [5, 5.41) is 0. The van der Waals surface area contributed by atoms with Crippen molar-refractivity contribution in [3.8, 4) is 0 Å². The van der Waals surface area contributed by atoms with Crippen molar-refractivity contribution in [2.24, 2.45) is 0 Å². The second kappa shape index (κ2) is 11.3. The molecule has 12 heavy (non-hydrogen) atoms. The van der Waals surface area contributed by atoms with E-state index in [-0.39, 0.29) is 0 Å². The van der Waals surface area contributed by atoms with E-state index in [4.69, 9.17) is 4.74 Å². The highest BCUT2D eigenvalue weighted by Gasteiger charge is 1.90. The van der Waals surface area contributed by atoms with Crippen LogP contribution in [0.25, 0.3) is 0 Å². The summed E-state index contributed by atoms with van der Waals surface area (Å²) in [6.07, 6.45) is 4.82. The number of thioether (sulfide) groups is 1. The average Bonchev–Trinajstić information content (AvgIpc) is 2.10. The summed E-state index contributed by atoms with van der Waals surface area (Å²) in [6.45, 7) is 8.89. The summed E-state index contributed by atoms with van der Waals surface area (Å²) in [4.78, 5) is 0. The van der Waals surface area contributed by atoms with Crippen LogP contribution < -0.4 is 0 Å². The number of unbranched alkanes of at least 4 members (excludes halogenated alkanes) is 2. The lowest BCUT2D eigenvalue weighted by Crippen LogP contribution is -1.93. The standard InChI is InChI=1S/C10H20OS/c1-3-9-12-10-7-5-6-8-11-4-2/h1-10H2. The van der Waals surface area contributed by atoms with E-state index in [1.807, 2.05) is 11.8 Å². The van der Waals surface area contributed by atoms with E-state index < -0.39 is 0 Å². The van der Waals surface area contributed by atoms with E-state index >= 15 is 0 Å². The van der Waals surface area contributed by atoms with Crippen LogP contribution >= 0.6 is 11.8 Å². The molecule has 0 rings (SSSR count). The molecule has 0 amide bonds. The van der Waals surface area contributed by atoms with Gasteiger partial charge >= 0.3 is 0 Å². The Kier molecular flexibility index (Phi) is 11.6. The first-order valence-electron chi connectivity index (χ1n) is 4.65. The summed E-state index contributed by atoms with van der Waals surface area (Å²) < 4.78 is 5.13. The van der Waals surface area contributed by atoms with Crippen LogP contribution in [0, 0.1) is 13.8 Å². The Bertz CT molecular complexity index is 66.2. The minimum atomic E-state index is 0.607. The fourth-order valence-corrected chi connectivity index (χ4v) is 1.71. The molecular weight excluding hydrogens is 168 g/mol. The van der Waals surface area contributed by atoms with Crippen molar-refractivity contribution >= 4 is 11.8 Å². The highest BCUT2D eigenvalue weighted by atomic mass is 32.2. The maximum absolute atomic E-state index is 5.13. The Balaban J connectivity index is 2.73. The number of ether oxygens (including phenoxy) is 1. The highest BCUT2D eigenvalue weighted by molar-refractivity contribution is 7.99. The van der Waals surface area contributed by atoms with Gasteiger partial charge in [0.25, 0.3) is 0 Å². The smallest absolute Gasteiger partial charge is 0.0466 e. The first kappa shape index (κ1) is 12.3. The molecule has 0 atom stereocenters. The van der Waals surface area contributed by atoms with Gasteiger partial charge in [0.1, 0.15) is 0 Å². The fourth-order valence-electron chi connectivity index (χ4n) is 0.891. The highest BCUT2D eigenvalue weighted by Crippen LogP contribution is 2.07. The van der Waals surface area contributed by atoms with Gasteiger partial charge < -0.3 is 4.74 Å². The third kappa shape index (κ3) is 10.3. The van der Waals surface area contributed by atoms with Crippen LogP contribution in [0.5, 0.6) is 0 Å². The van der Waals surface area contributed by atoms with Crippen molar-refractivity contribution in [2.45, 2.75) is 25.7 Å². The summed E-state index contributed by atoms with van der Waals surface area (Å²) in [6, 6.07) is 0. The lowest BCUT2D eigenvalue weighted by Gasteiger charge is -2.01. The summed E-state index contributed by atoms with van der Waals surface area (Å²) >= 11 is 2.00. The number of hydrogen-bond acceptors (Lipinski definition) is 2. The Labute approximate surface area is 81.3 Å². The van der Waals surface area contributed by atoms with Crippen LogP contribution in [0.1, 0.15) is 25.7 Å². The number of rotatable bonds is 9. The van der Waals surface area contributed by atoms with E-state index in [2.05, 4.69) is 13.8 Å². The predicted molar refractivity (Wildman–Crippen MR) is 57.3 cm³/mol. The molecule has 0 aromatic rings. The lowest BCUT2D eigenvalue weighted by molar-refractivity contribution is 0.156. The van der Waals surface area contributed by atoms with Crippen LogP contribution in [0.15, 0.2) is 0 Å². The van der Waals surface area contributed by atoms with Gasteiger partial charge in [-0.15, -0.1) is 0 Å². The summed E-state index contributed by atoms with van der Waals surface area (Å²) in [5.41, 5.74) is 0. The molecule has 0 heterocycles. The quantitative estimate of drug-likeness (QED) is 0.514. The molecule has 0 aliphatic carbocycles. The Morgan fingerprint density at radius 1 is 1.00 bits per heavy atom. The molecule has 0 aromatic carbocycles. The SMILES string of the molecule is [CH2]CCSCCCCCOC[CH2]. The summed E-state index contributed by atoms with van der Waals surface area (Å²) in [7, 11) is 0. The van der Waals surface area contributed by atoms with Gasteiger partial charge in [-0.3, -0.25) is 0 Å². The zero-order valence-corrected chi connectivity index (χ0v) is 8.70. The second-order valence-corrected chi connectivity index (χ2v) is 3.86. The molecule has 0 unspecified atom stereocenters. The first-order valence-corrected chi connectivity index (χ1v) is 5.81. The lowest BCUT2D eigenvalue weighted by atomic mass is 10.3. The average molecular weight is 188 g/mol. The molecular formula is C10H20OS. The maximum atomic E-state index is 5.13. The van der Waals surface area contributed by atoms with E-state index in [9.17, 15) is 0 Å². The van der Waals surface area contributed by atoms with Crippen LogP contribution in [-0.4, -0.2) is 24.7 Å². The summed E-state index contributed by atoms with van der Waals surface area (Å²) in [5.74, 6) is 2.48. The van der Waals surface area contributed by atoms with E-state index in [1.54, 1.807) is 0 Å². The van der Waals surface area contributed by atoms with Gasteiger partial charge in [-0.05, 0) is 37.7 Å². The van der Waals surface area contributed by atoms with Gasteiger partial charge in [0.05, 0.1) is 0 Å². The molecule has 0 fully saturated rings. The van der Waals surface area contributed by atoms with Crippen LogP contribution in [0.2, 0.25) is 0 Å². The van der Waals surface area contributed by atoms with E-state index in [0.717, 1.165) is 13.0 Å². The van der Waals surface area contributed by atoms with E-state index in [0.29, 0.717) is 6.61 Å². The van der Waals surface area contributed by atoms with Crippen molar-refractivity contribution < 1.29 is 4.74 Å². The minimum absolute atomic E-state index is 0.607. The monoisotopic (exact) mass is 188 g/mol. The van der Waals surface area contributed by atoms with Crippen molar-refractivity contribution in [1.29, 1.82) is 0 Å². The maximum Gasteiger partial charge on any atom is 0.0466 e. The van der Waals surface area contributed by atoms with Gasteiger partial charge in [0.15, 0.2) is 0 Å². The van der Waals surface area contributed by atoms with Gasteiger partial charge in [-0.25, -0.2) is 0 Å². The van der Waals surface area contributed by atoms with Crippen LogP contribution in [-0.2, 0) is 4.74 Å². The van der Waals surface area contributed by atoms with Crippen molar-refractivity contribution in [1.82, 2.24) is 0 Å². The largest absolute Gasteiger partial charge is 0.381 e. The minimum Gasteiger partial charge on any atom is -0.381 e. The predicted octanol–water partition coefficient (Wildman–Crippen LogP) is 2.96. The molecule has 1 nitrogen and oxygen atoms in total. The van der Waals surface area contributed by atoms with Gasteiger partial charge in [0.2, 0.25) is 0 Å². The van der Waals surface area contributed by atoms with Gasteiger partial charge in [-0.2, -0.15) is 11.8 Å². The van der Waals surface area contributed by atoms with Crippen molar-refractivity contribution in [2.75, 3.05) is 24.7 Å². The third-order valence-electron chi connectivity index (χ3n) is 1.51. The number of hydrogen-bond donors (Lipinski definition) is 0. The Hall–Kier alpha value is 0.310. The zero-order valence-electron chi connectivity index (χ0n) is 7.89. The van der Waals surface area contributed by atoms with Crippen LogP contribution in [0.3, 0.4) is 0 Å².